The van der Waals surface area contributed by atoms with Gasteiger partial charge in [-0.3, -0.25) is 24.0 Å². The number of amides is 4. The number of carboxylic acids is 1. The number of carbonyl (C=O) groups is 6. The molecule has 0 saturated heterocycles. The average molecular weight is 599 g/mol. The molecule has 234 valence electrons. The van der Waals surface area contributed by atoms with Gasteiger partial charge < -0.3 is 41.9 Å². The zero-order valence-electron chi connectivity index (χ0n) is 24.9. The van der Waals surface area contributed by atoms with Gasteiger partial charge in [0.1, 0.15) is 24.4 Å². The number of H-pyrrole nitrogens is 1. The largest absolute Gasteiger partial charge is 0.481 e. The van der Waals surface area contributed by atoms with E-state index in [1.807, 2.05) is 24.3 Å². The third-order valence-corrected chi connectivity index (χ3v) is 6.74. The molecule has 2 rings (SSSR count). The number of aromatic nitrogens is 1. The fraction of sp³-hybridized carbons (Fsp3) is 0.467. The highest BCUT2D eigenvalue weighted by molar-refractivity contribution is 5.96. The number of nitrogens with one attached hydrogen (secondary N) is 5. The second kappa shape index (κ2) is 16.2. The number of nitrogens with two attached hydrogens (primary N) is 1. The summed E-state index contributed by atoms with van der Waals surface area (Å²) in [6.45, 7) is 10.5. The number of aromatic amines is 1. The molecule has 1 aromatic heterocycles. The Balaban J connectivity index is 2.34. The zero-order chi connectivity index (χ0) is 32.3. The Labute approximate surface area is 250 Å². The van der Waals surface area contributed by atoms with Crippen molar-refractivity contribution in [3.8, 4) is 0 Å². The molecule has 4 amide bonds. The van der Waals surface area contributed by atoms with E-state index in [1.165, 1.54) is 6.92 Å². The van der Waals surface area contributed by atoms with E-state index in [4.69, 9.17) is 10.8 Å². The molecule has 0 bridgehead atoms. The predicted octanol–water partition coefficient (Wildman–Crippen LogP) is 0.683. The lowest BCUT2D eigenvalue weighted by Gasteiger charge is -2.27. The van der Waals surface area contributed by atoms with Gasteiger partial charge in [0.05, 0.1) is 12.1 Å². The molecule has 5 atom stereocenters. The summed E-state index contributed by atoms with van der Waals surface area (Å²) in [6.07, 6.45) is 1.75. The fourth-order valence-corrected chi connectivity index (χ4v) is 4.38. The second-order valence-electron chi connectivity index (χ2n) is 11.0. The van der Waals surface area contributed by atoms with Gasteiger partial charge in [0.2, 0.25) is 23.6 Å². The van der Waals surface area contributed by atoms with E-state index in [-0.39, 0.29) is 31.6 Å². The molecular weight excluding hydrogens is 556 g/mol. The van der Waals surface area contributed by atoms with E-state index >= 15 is 0 Å². The highest BCUT2D eigenvalue weighted by Gasteiger charge is 2.32. The van der Waals surface area contributed by atoms with E-state index in [2.05, 4.69) is 32.8 Å². The molecule has 8 N–H and O–H groups in total. The first-order chi connectivity index (χ1) is 20.2. The number of hydrogen-bond acceptors (Lipinski definition) is 7. The van der Waals surface area contributed by atoms with E-state index in [1.54, 1.807) is 27.0 Å². The van der Waals surface area contributed by atoms with Crippen LogP contribution in [0.15, 0.2) is 42.6 Å². The van der Waals surface area contributed by atoms with Gasteiger partial charge in [0.15, 0.2) is 0 Å². The minimum Gasteiger partial charge on any atom is -0.481 e. The second-order valence-corrected chi connectivity index (χ2v) is 11.0. The molecule has 0 fully saturated rings. The number of aldehydes is 1. The first-order valence-corrected chi connectivity index (χ1v) is 14.1. The summed E-state index contributed by atoms with van der Waals surface area (Å²) in [5.74, 6) is -3.99. The smallest absolute Gasteiger partial charge is 0.303 e. The number of benzene rings is 1. The molecule has 0 unspecified atom stereocenters. The van der Waals surface area contributed by atoms with Crippen molar-refractivity contribution < 1.29 is 33.9 Å². The molecule has 2 aromatic rings. The number of aliphatic carboxylic acids is 1. The van der Waals surface area contributed by atoms with Crippen molar-refractivity contribution in [2.75, 3.05) is 0 Å². The fourth-order valence-electron chi connectivity index (χ4n) is 4.38. The van der Waals surface area contributed by atoms with E-state index in [0.29, 0.717) is 17.4 Å². The number of rotatable bonds is 17. The Morgan fingerprint density at radius 1 is 0.953 bits per heavy atom. The molecule has 13 heteroatoms. The molecule has 0 spiro atoms. The van der Waals surface area contributed by atoms with Crippen molar-refractivity contribution in [1.29, 1.82) is 0 Å². The molecule has 0 radical (unpaired) electrons. The monoisotopic (exact) mass is 598 g/mol. The minimum atomic E-state index is -1.19. The number of fused-ring (bicyclic) bond motifs is 1. The summed E-state index contributed by atoms with van der Waals surface area (Å²) < 4.78 is 0. The molecule has 0 aliphatic rings. The first-order valence-electron chi connectivity index (χ1n) is 14.1. The van der Waals surface area contributed by atoms with E-state index in [0.717, 1.165) is 10.9 Å². The maximum atomic E-state index is 13.6. The van der Waals surface area contributed by atoms with Crippen LogP contribution >= 0.6 is 0 Å². The molecule has 0 saturated carbocycles. The summed E-state index contributed by atoms with van der Waals surface area (Å²) in [6, 6.07) is 2.13. The van der Waals surface area contributed by atoms with Crippen LogP contribution in [0.3, 0.4) is 0 Å². The third-order valence-electron chi connectivity index (χ3n) is 6.74. The Morgan fingerprint density at radius 2 is 1.58 bits per heavy atom. The summed E-state index contributed by atoms with van der Waals surface area (Å²) in [4.78, 5) is 78.1. The maximum absolute atomic E-state index is 13.6. The number of hydrogen-bond donors (Lipinski definition) is 7. The van der Waals surface area contributed by atoms with Gasteiger partial charge in [0, 0.05) is 29.9 Å². The Morgan fingerprint density at radius 3 is 2.16 bits per heavy atom. The topological polar surface area (TPSA) is 213 Å². The predicted molar refractivity (Wildman–Crippen MR) is 161 cm³/mol. The van der Waals surface area contributed by atoms with Gasteiger partial charge in [-0.15, -0.1) is 6.58 Å². The minimum absolute atomic E-state index is 0.0267. The highest BCUT2D eigenvalue weighted by atomic mass is 16.4. The maximum Gasteiger partial charge on any atom is 0.303 e. The van der Waals surface area contributed by atoms with Gasteiger partial charge in [-0.25, -0.2) is 0 Å². The van der Waals surface area contributed by atoms with Crippen LogP contribution in [0.2, 0.25) is 0 Å². The average Bonchev–Trinajstić information content (AvgIpc) is 3.34. The van der Waals surface area contributed by atoms with Crippen LogP contribution in [-0.2, 0) is 35.2 Å². The van der Waals surface area contributed by atoms with Crippen LogP contribution in [0.4, 0.5) is 0 Å². The SMILES string of the molecule is C=C(C)C[C@H](NC(=O)[C@H](NC(=O)[C@H](C)N)C(C)C)C(=O)N[C@H](Cc1c[nH]c2ccccc12)C(=O)N[C@@H](C=O)CCC(=O)O. The Hall–Kier alpha value is -4.52. The highest BCUT2D eigenvalue weighted by Crippen LogP contribution is 2.19. The molecular formula is C30H42N6O7. The van der Waals surface area contributed by atoms with Gasteiger partial charge in [-0.1, -0.05) is 37.6 Å². The van der Waals surface area contributed by atoms with Crippen LogP contribution in [-0.4, -0.2) is 76.2 Å². The van der Waals surface area contributed by atoms with Crippen LogP contribution in [0.25, 0.3) is 10.9 Å². The summed E-state index contributed by atoms with van der Waals surface area (Å²) in [5.41, 5.74) is 7.75. The van der Waals surface area contributed by atoms with Crippen LogP contribution < -0.4 is 27.0 Å². The van der Waals surface area contributed by atoms with E-state index < -0.39 is 59.8 Å². The quantitative estimate of drug-likeness (QED) is 0.101. The molecule has 0 aliphatic carbocycles. The van der Waals surface area contributed by atoms with Gasteiger partial charge in [-0.05, 0) is 44.2 Å². The van der Waals surface area contributed by atoms with E-state index in [9.17, 15) is 28.8 Å². The van der Waals surface area contributed by atoms with Crippen molar-refractivity contribution in [3.05, 3.63) is 48.2 Å². The Kier molecular flexibility index (Phi) is 13.1. The molecule has 1 aromatic carbocycles. The lowest BCUT2D eigenvalue weighted by molar-refractivity contribution is -0.137. The summed E-state index contributed by atoms with van der Waals surface area (Å²) >= 11 is 0. The summed E-state index contributed by atoms with van der Waals surface area (Å²) in [7, 11) is 0. The Bertz CT molecular complexity index is 1340. The zero-order valence-corrected chi connectivity index (χ0v) is 24.9. The first kappa shape index (κ1) is 34.7. The van der Waals surface area contributed by atoms with Crippen molar-refractivity contribution >= 4 is 46.8 Å². The number of carboxylic acid groups (broad SMARTS) is 1. The third kappa shape index (κ3) is 10.7. The van der Waals surface area contributed by atoms with Crippen LogP contribution in [0.5, 0.6) is 0 Å². The van der Waals surface area contributed by atoms with Crippen LogP contribution in [0.1, 0.15) is 52.5 Å². The van der Waals surface area contributed by atoms with Crippen molar-refractivity contribution in [2.45, 2.75) is 83.6 Å². The number of para-hydroxylation sites is 1. The molecule has 43 heavy (non-hydrogen) atoms. The van der Waals surface area contributed by atoms with Crippen molar-refractivity contribution in [2.24, 2.45) is 11.7 Å². The van der Waals surface area contributed by atoms with Gasteiger partial charge in [0.25, 0.3) is 0 Å². The normalized spacial score (nSPS) is 14.6. The lowest BCUT2D eigenvalue weighted by atomic mass is 10.00. The van der Waals surface area contributed by atoms with Crippen molar-refractivity contribution in [3.63, 3.8) is 0 Å². The van der Waals surface area contributed by atoms with Gasteiger partial charge in [-0.2, -0.15) is 0 Å². The van der Waals surface area contributed by atoms with Crippen LogP contribution in [0, 0.1) is 5.92 Å². The molecule has 13 nitrogen and oxygen atoms in total. The summed E-state index contributed by atoms with van der Waals surface area (Å²) in [5, 5.41) is 20.3. The molecule has 1 heterocycles. The lowest BCUT2D eigenvalue weighted by Crippen LogP contribution is -2.59. The van der Waals surface area contributed by atoms with Crippen molar-refractivity contribution in [1.82, 2.24) is 26.3 Å². The molecule has 0 aliphatic heterocycles. The standard InChI is InChI=1S/C30H42N6O7/c1-16(2)12-23(35-30(43)26(17(3)4)36-27(40)18(5)31)29(42)34-24(28(41)33-20(15-37)10-11-25(38)39)13-19-14-32-22-9-7-6-8-21(19)22/h6-9,14-15,17-18,20,23-24,26,32H,1,10-13,31H2,2-5H3,(H,33,41)(H,34,42)(H,35,43)(H,36,40)(H,38,39)/t18-,20+,23-,24+,26+/m0/s1. The van der Waals surface area contributed by atoms with Gasteiger partial charge >= 0.3 is 5.97 Å². The number of carbonyl (C=O) groups excluding carboxylic acids is 5.